The molecule has 0 aliphatic carbocycles. The van der Waals surface area contributed by atoms with Crippen molar-refractivity contribution >= 4 is 37.5 Å². The van der Waals surface area contributed by atoms with Crippen LogP contribution in [-0.4, -0.2) is 7.11 Å². The van der Waals surface area contributed by atoms with Crippen LogP contribution in [0.25, 0.3) is 0 Å². The zero-order valence-corrected chi connectivity index (χ0v) is 9.99. The van der Waals surface area contributed by atoms with E-state index in [2.05, 4.69) is 31.9 Å². The van der Waals surface area contributed by atoms with Gasteiger partial charge in [0.2, 0.25) is 0 Å². The highest BCUT2D eigenvalue weighted by atomic mass is 79.9. The van der Waals surface area contributed by atoms with Crippen molar-refractivity contribution in [3.8, 4) is 5.75 Å². The van der Waals surface area contributed by atoms with Gasteiger partial charge in [-0.1, -0.05) is 15.9 Å². The number of rotatable bonds is 1. The minimum atomic E-state index is 0.637. The number of ether oxygens (including phenoxy) is 1. The van der Waals surface area contributed by atoms with Gasteiger partial charge in [0.1, 0.15) is 5.75 Å². The summed E-state index contributed by atoms with van der Waals surface area (Å²) in [7, 11) is 1.60. The predicted molar refractivity (Wildman–Crippen MR) is 57.5 cm³/mol. The highest BCUT2D eigenvalue weighted by Crippen LogP contribution is 2.37. The molecule has 0 bridgehead atoms. The molecule has 0 saturated heterocycles. The van der Waals surface area contributed by atoms with E-state index in [1.54, 1.807) is 7.11 Å². The minimum Gasteiger partial charge on any atom is -0.495 e. The fourth-order valence-corrected chi connectivity index (χ4v) is 1.97. The van der Waals surface area contributed by atoms with E-state index in [-0.39, 0.29) is 0 Å². The first-order chi connectivity index (χ1) is 5.57. The van der Waals surface area contributed by atoms with Crippen molar-refractivity contribution in [1.82, 2.24) is 0 Å². The molecule has 0 aliphatic heterocycles. The van der Waals surface area contributed by atoms with Crippen LogP contribution in [0.3, 0.4) is 0 Å². The summed E-state index contributed by atoms with van der Waals surface area (Å²) in [5, 5.41) is 0. The lowest BCUT2D eigenvalue weighted by Crippen LogP contribution is -1.95. The summed E-state index contributed by atoms with van der Waals surface area (Å²) >= 11 is 6.79. The maximum absolute atomic E-state index is 5.77. The van der Waals surface area contributed by atoms with Gasteiger partial charge in [0.15, 0.2) is 0 Å². The Bertz CT molecular complexity index is 312. The van der Waals surface area contributed by atoms with Crippen molar-refractivity contribution in [1.29, 1.82) is 0 Å². The van der Waals surface area contributed by atoms with E-state index in [1.165, 1.54) is 0 Å². The van der Waals surface area contributed by atoms with Crippen LogP contribution in [0, 0.1) is 6.92 Å². The molecule has 0 amide bonds. The lowest BCUT2D eigenvalue weighted by atomic mass is 10.2. The monoisotopic (exact) mass is 293 g/mol. The van der Waals surface area contributed by atoms with Gasteiger partial charge in [-0.25, -0.2) is 0 Å². The molecule has 0 heterocycles. The molecule has 0 atom stereocenters. The molecule has 4 heteroatoms. The minimum absolute atomic E-state index is 0.637. The largest absolute Gasteiger partial charge is 0.495 e. The van der Waals surface area contributed by atoms with E-state index in [0.29, 0.717) is 11.4 Å². The Hall–Kier alpha value is -0.220. The molecule has 0 fully saturated rings. The average molecular weight is 295 g/mol. The first-order valence-corrected chi connectivity index (χ1v) is 4.94. The van der Waals surface area contributed by atoms with Crippen LogP contribution in [0.5, 0.6) is 5.75 Å². The summed E-state index contributed by atoms with van der Waals surface area (Å²) in [5.74, 6) is 0.680. The fourth-order valence-electron chi connectivity index (χ4n) is 0.885. The van der Waals surface area contributed by atoms with Crippen molar-refractivity contribution in [2.24, 2.45) is 0 Å². The van der Waals surface area contributed by atoms with E-state index in [1.807, 2.05) is 13.0 Å². The van der Waals surface area contributed by atoms with E-state index < -0.39 is 0 Å². The summed E-state index contributed by atoms with van der Waals surface area (Å²) < 4.78 is 6.95. The van der Waals surface area contributed by atoms with E-state index >= 15 is 0 Å². The van der Waals surface area contributed by atoms with Gasteiger partial charge < -0.3 is 10.5 Å². The maximum Gasteiger partial charge on any atom is 0.144 e. The van der Waals surface area contributed by atoms with Crippen molar-refractivity contribution in [3.63, 3.8) is 0 Å². The van der Waals surface area contributed by atoms with Gasteiger partial charge in [0, 0.05) is 8.95 Å². The van der Waals surface area contributed by atoms with Crippen LogP contribution in [-0.2, 0) is 0 Å². The number of methoxy groups -OCH3 is 1. The molecule has 66 valence electrons. The standard InChI is InChI=1S/C8H9Br2NO/c1-4-5(9)3-6(12-2)8(11)7(4)10/h3H,11H2,1-2H3. The smallest absolute Gasteiger partial charge is 0.144 e. The predicted octanol–water partition coefficient (Wildman–Crippen LogP) is 3.11. The number of nitrogens with two attached hydrogens (primary N) is 1. The molecule has 1 aromatic carbocycles. The molecule has 0 spiro atoms. The number of hydrogen-bond acceptors (Lipinski definition) is 2. The Balaban J connectivity index is 3.39. The maximum atomic E-state index is 5.77. The highest BCUT2D eigenvalue weighted by molar-refractivity contribution is 9.11. The Kier molecular flexibility index (Phi) is 3.01. The number of anilines is 1. The summed E-state index contributed by atoms with van der Waals surface area (Å²) in [5.41, 5.74) is 7.48. The quantitative estimate of drug-likeness (QED) is 0.808. The Morgan fingerprint density at radius 2 is 2.00 bits per heavy atom. The number of halogens is 2. The van der Waals surface area contributed by atoms with Crippen LogP contribution in [0.2, 0.25) is 0 Å². The Labute approximate surface area is 88.3 Å². The van der Waals surface area contributed by atoms with E-state index in [0.717, 1.165) is 14.5 Å². The zero-order valence-electron chi connectivity index (χ0n) is 6.82. The van der Waals surface area contributed by atoms with Crippen LogP contribution in [0.15, 0.2) is 15.0 Å². The van der Waals surface area contributed by atoms with Crippen LogP contribution >= 0.6 is 31.9 Å². The van der Waals surface area contributed by atoms with E-state index in [9.17, 15) is 0 Å². The van der Waals surface area contributed by atoms with Crippen LogP contribution < -0.4 is 10.5 Å². The second-order valence-electron chi connectivity index (χ2n) is 2.41. The van der Waals surface area contributed by atoms with Crippen molar-refractivity contribution in [2.45, 2.75) is 6.92 Å². The molecular formula is C8H9Br2NO. The average Bonchev–Trinajstić information content (AvgIpc) is 2.08. The molecule has 1 aromatic rings. The van der Waals surface area contributed by atoms with Gasteiger partial charge >= 0.3 is 0 Å². The Morgan fingerprint density at radius 3 is 2.50 bits per heavy atom. The van der Waals surface area contributed by atoms with Gasteiger partial charge in [-0.3, -0.25) is 0 Å². The number of nitrogen functional groups attached to an aromatic ring is 1. The summed E-state index contributed by atoms with van der Waals surface area (Å²) in [6.07, 6.45) is 0. The highest BCUT2D eigenvalue weighted by Gasteiger charge is 2.09. The van der Waals surface area contributed by atoms with Gasteiger partial charge in [-0.2, -0.15) is 0 Å². The topological polar surface area (TPSA) is 35.2 Å². The normalized spacial score (nSPS) is 10.0. The van der Waals surface area contributed by atoms with Crippen LogP contribution in [0.1, 0.15) is 5.56 Å². The first kappa shape index (κ1) is 9.86. The van der Waals surface area contributed by atoms with E-state index in [4.69, 9.17) is 10.5 Å². The van der Waals surface area contributed by atoms with Gasteiger partial charge in [-0.15, -0.1) is 0 Å². The number of hydrogen-bond donors (Lipinski definition) is 1. The number of benzene rings is 1. The van der Waals surface area contributed by atoms with Crippen LogP contribution in [0.4, 0.5) is 5.69 Å². The molecule has 2 nitrogen and oxygen atoms in total. The third-order valence-electron chi connectivity index (χ3n) is 1.67. The van der Waals surface area contributed by atoms with Gasteiger partial charge in [0.25, 0.3) is 0 Å². The molecule has 0 aliphatic rings. The molecule has 0 aromatic heterocycles. The summed E-state index contributed by atoms with van der Waals surface area (Å²) in [6.45, 7) is 1.98. The molecule has 12 heavy (non-hydrogen) atoms. The third kappa shape index (κ3) is 1.59. The lowest BCUT2D eigenvalue weighted by Gasteiger charge is -2.09. The molecule has 0 radical (unpaired) electrons. The molecule has 1 rings (SSSR count). The molecule has 2 N–H and O–H groups in total. The SMILES string of the molecule is COc1cc(Br)c(C)c(Br)c1N. The van der Waals surface area contributed by atoms with Crippen molar-refractivity contribution < 1.29 is 4.74 Å². The molecular weight excluding hydrogens is 286 g/mol. The van der Waals surface area contributed by atoms with Crippen molar-refractivity contribution in [2.75, 3.05) is 12.8 Å². The molecule has 0 unspecified atom stereocenters. The van der Waals surface area contributed by atoms with Gasteiger partial charge in [-0.05, 0) is 34.5 Å². The summed E-state index contributed by atoms with van der Waals surface area (Å²) in [4.78, 5) is 0. The first-order valence-electron chi connectivity index (χ1n) is 3.36. The third-order valence-corrected chi connectivity index (χ3v) is 3.51. The summed E-state index contributed by atoms with van der Waals surface area (Å²) in [6, 6.07) is 1.86. The van der Waals surface area contributed by atoms with Crippen molar-refractivity contribution in [3.05, 3.63) is 20.6 Å². The van der Waals surface area contributed by atoms with Gasteiger partial charge in [0.05, 0.1) is 12.8 Å². The second kappa shape index (κ2) is 3.66. The second-order valence-corrected chi connectivity index (χ2v) is 4.06. The Morgan fingerprint density at radius 1 is 1.42 bits per heavy atom. The zero-order chi connectivity index (χ0) is 9.30. The lowest BCUT2D eigenvalue weighted by molar-refractivity contribution is 0.416. The molecule has 0 saturated carbocycles. The fraction of sp³-hybridized carbons (Fsp3) is 0.250.